The first-order valence-corrected chi connectivity index (χ1v) is 22.6. The largest absolute Gasteiger partial charge is 0.391 e. The number of sulfonamides is 2. The molecule has 5 atom stereocenters. The third kappa shape index (κ3) is 15.7. The molecule has 2 aromatic carbocycles. The van der Waals surface area contributed by atoms with E-state index in [0.29, 0.717) is 6.42 Å². The Balaban J connectivity index is 1.53. The van der Waals surface area contributed by atoms with E-state index in [1.165, 1.54) is 0 Å². The summed E-state index contributed by atoms with van der Waals surface area (Å²) < 4.78 is 58.0. The van der Waals surface area contributed by atoms with Gasteiger partial charge >= 0.3 is 0 Å². The summed E-state index contributed by atoms with van der Waals surface area (Å²) in [5.74, 6) is -2.43. The second-order valence-electron chi connectivity index (χ2n) is 15.0. The first-order valence-electron chi connectivity index (χ1n) is 19.2. The topological polar surface area (TPSA) is 197 Å². The molecule has 5 N–H and O–H groups in total. The summed E-state index contributed by atoms with van der Waals surface area (Å²) in [7, 11) is -7.76. The van der Waals surface area contributed by atoms with Crippen LogP contribution in [0.3, 0.4) is 0 Å². The van der Waals surface area contributed by atoms with Crippen LogP contribution in [0.1, 0.15) is 56.4 Å². The van der Waals surface area contributed by atoms with Crippen LogP contribution in [-0.4, -0.2) is 85.5 Å². The highest BCUT2D eigenvalue weighted by Gasteiger charge is 2.34. The predicted molar refractivity (Wildman–Crippen MR) is 222 cm³/mol. The van der Waals surface area contributed by atoms with Gasteiger partial charge < -0.3 is 15.7 Å². The summed E-state index contributed by atoms with van der Waals surface area (Å²) in [4.78, 5) is 35.8. The molecule has 0 aliphatic rings. The third-order valence-corrected chi connectivity index (χ3v) is 12.3. The summed E-state index contributed by atoms with van der Waals surface area (Å²) in [5.41, 5.74) is 3.29. The van der Waals surface area contributed by atoms with Gasteiger partial charge in [0.25, 0.3) is 0 Å². The van der Waals surface area contributed by atoms with Crippen molar-refractivity contribution >= 4 is 31.9 Å². The normalized spacial score (nSPS) is 14.7. The van der Waals surface area contributed by atoms with Gasteiger partial charge in [-0.1, -0.05) is 88.4 Å². The molecule has 0 aliphatic carbocycles. The number of pyridine rings is 2. The van der Waals surface area contributed by atoms with Crippen molar-refractivity contribution in [2.45, 2.75) is 90.1 Å². The zero-order valence-electron chi connectivity index (χ0n) is 33.0. The zero-order valence-corrected chi connectivity index (χ0v) is 34.6. The van der Waals surface area contributed by atoms with Gasteiger partial charge in [0.2, 0.25) is 31.9 Å². The number of amides is 2. The molecule has 0 saturated heterocycles. The van der Waals surface area contributed by atoms with Crippen LogP contribution in [0.25, 0.3) is 0 Å². The smallest absolute Gasteiger partial charge is 0.238 e. The van der Waals surface area contributed by atoms with Crippen molar-refractivity contribution < 1.29 is 31.5 Å². The van der Waals surface area contributed by atoms with Crippen LogP contribution in [0.4, 0.5) is 0 Å². The molecule has 15 heteroatoms. The van der Waals surface area contributed by atoms with E-state index in [1.807, 2.05) is 60.7 Å². The molecular weight excluding hydrogens is 765 g/mol. The van der Waals surface area contributed by atoms with Crippen molar-refractivity contribution in [1.29, 1.82) is 0 Å². The van der Waals surface area contributed by atoms with Crippen molar-refractivity contribution in [3.63, 3.8) is 0 Å². The molecule has 2 aromatic heterocycles. The molecule has 13 nitrogen and oxygen atoms in total. The van der Waals surface area contributed by atoms with Gasteiger partial charge in [-0.3, -0.25) is 19.6 Å². The molecule has 0 spiro atoms. The minimum atomic E-state index is -3.89. The summed E-state index contributed by atoms with van der Waals surface area (Å²) >= 11 is 0. The van der Waals surface area contributed by atoms with E-state index in [0.717, 1.165) is 22.3 Å². The quantitative estimate of drug-likeness (QED) is 0.0746. The second kappa shape index (κ2) is 21.8. The Hall–Kier alpha value is -4.54. The van der Waals surface area contributed by atoms with Crippen LogP contribution >= 0.6 is 0 Å². The molecule has 0 saturated carbocycles. The Labute approximate surface area is 337 Å². The van der Waals surface area contributed by atoms with Crippen molar-refractivity contribution in [3.8, 4) is 0 Å². The number of nitrogens with one attached hydrogen (secondary N) is 4. The number of nitrogens with zero attached hydrogens (tertiary/aromatic N) is 2. The van der Waals surface area contributed by atoms with E-state index >= 15 is 0 Å². The van der Waals surface area contributed by atoms with E-state index < -0.39 is 74.0 Å². The van der Waals surface area contributed by atoms with Gasteiger partial charge in [-0.2, -0.15) is 0 Å². The van der Waals surface area contributed by atoms with Crippen LogP contribution in [0, 0.1) is 11.8 Å². The number of aryl methyl sites for hydroxylation is 2. The lowest BCUT2D eigenvalue weighted by molar-refractivity contribution is -0.126. The van der Waals surface area contributed by atoms with Gasteiger partial charge in [-0.25, -0.2) is 26.3 Å². The molecule has 0 radical (unpaired) electrons. The number of aromatic nitrogens is 2. The van der Waals surface area contributed by atoms with Crippen LogP contribution in [0.15, 0.2) is 110 Å². The standard InChI is InChI=1S/C42H56N6O7S2/c1-30(2)39(47-56(52,53)25-19-32-15-21-43-22-16-32)41(50)45-36(27-34-11-7-5-8-12-34)29-38(49)37(28-35-13-9-6-10-14-35)46-42(51)40(31(3)4)48-57(54,55)26-20-33-17-23-44-24-18-33/h5-18,21-24,30-31,36-40,47-49H,19-20,25-29H2,1-4H3,(H,45,50)(H,46,51)/t36-,37-,38-,39-,40-/m0/s1. The van der Waals surface area contributed by atoms with E-state index in [9.17, 15) is 31.5 Å². The Morgan fingerprint density at radius 3 is 1.40 bits per heavy atom. The van der Waals surface area contributed by atoms with Crippen LogP contribution in [-0.2, 0) is 55.3 Å². The van der Waals surface area contributed by atoms with Crippen molar-refractivity contribution in [3.05, 3.63) is 132 Å². The van der Waals surface area contributed by atoms with Gasteiger partial charge in [0.05, 0.1) is 23.7 Å². The van der Waals surface area contributed by atoms with Gasteiger partial charge in [-0.05, 0) is 90.5 Å². The Bertz CT molecular complexity index is 2040. The van der Waals surface area contributed by atoms with E-state index in [-0.39, 0.29) is 37.2 Å². The lowest BCUT2D eigenvalue weighted by Crippen LogP contribution is -2.57. The molecule has 4 aromatic rings. The van der Waals surface area contributed by atoms with Gasteiger partial charge in [0.15, 0.2) is 0 Å². The van der Waals surface area contributed by atoms with Crippen molar-refractivity contribution in [2.75, 3.05) is 11.5 Å². The van der Waals surface area contributed by atoms with Gasteiger partial charge in [-0.15, -0.1) is 0 Å². The minimum absolute atomic E-state index is 0.0119. The number of carbonyl (C=O) groups excluding carboxylic acids is 2. The molecule has 0 fully saturated rings. The summed E-state index contributed by atoms with van der Waals surface area (Å²) in [6, 6.07) is 21.8. The Morgan fingerprint density at radius 1 is 0.579 bits per heavy atom. The Kier molecular flexibility index (Phi) is 17.3. The monoisotopic (exact) mass is 820 g/mol. The first kappa shape index (κ1) is 45.2. The highest BCUT2D eigenvalue weighted by atomic mass is 32.2. The average Bonchev–Trinajstić information content (AvgIpc) is 3.18. The molecule has 57 heavy (non-hydrogen) atoms. The number of rotatable bonds is 23. The number of aliphatic hydroxyl groups excluding tert-OH is 1. The van der Waals surface area contributed by atoms with E-state index in [4.69, 9.17) is 0 Å². The molecule has 4 rings (SSSR count). The molecule has 2 amide bonds. The SMILES string of the molecule is CC(C)[C@H](NS(=O)(=O)CCc1ccncc1)C(=O)N[C@@H](Cc1ccccc1)C[C@H](O)[C@H](Cc1ccccc1)NC(=O)[C@@H](NS(=O)(=O)CCc1ccncc1)C(C)C. The summed E-state index contributed by atoms with van der Waals surface area (Å²) in [6.45, 7) is 6.98. The Morgan fingerprint density at radius 2 is 0.982 bits per heavy atom. The number of carbonyl (C=O) groups is 2. The minimum Gasteiger partial charge on any atom is -0.391 e. The molecule has 0 unspecified atom stereocenters. The highest BCUT2D eigenvalue weighted by molar-refractivity contribution is 7.89. The maximum Gasteiger partial charge on any atom is 0.238 e. The summed E-state index contributed by atoms with van der Waals surface area (Å²) in [6.07, 6.45) is 6.13. The number of hydrogen-bond donors (Lipinski definition) is 5. The van der Waals surface area contributed by atoms with E-state index in [2.05, 4.69) is 30.0 Å². The summed E-state index contributed by atoms with van der Waals surface area (Å²) in [5, 5.41) is 17.9. The van der Waals surface area contributed by atoms with E-state index in [1.54, 1.807) is 76.7 Å². The molecule has 0 aliphatic heterocycles. The van der Waals surface area contributed by atoms with Crippen molar-refractivity contribution in [2.24, 2.45) is 11.8 Å². The molecule has 2 heterocycles. The van der Waals surface area contributed by atoms with Crippen molar-refractivity contribution in [1.82, 2.24) is 30.0 Å². The fourth-order valence-corrected chi connectivity index (χ4v) is 9.13. The van der Waals surface area contributed by atoms with Crippen LogP contribution < -0.4 is 20.1 Å². The maximum absolute atomic E-state index is 13.9. The maximum atomic E-state index is 13.9. The molecular formula is C42H56N6O7S2. The number of hydrogen-bond acceptors (Lipinski definition) is 9. The van der Waals surface area contributed by atoms with Crippen LogP contribution in [0.2, 0.25) is 0 Å². The van der Waals surface area contributed by atoms with Gasteiger partial charge in [0, 0.05) is 30.8 Å². The number of benzene rings is 2. The fourth-order valence-electron chi connectivity index (χ4n) is 6.36. The fraction of sp³-hybridized carbons (Fsp3) is 0.429. The number of aliphatic hydroxyl groups is 1. The first-order chi connectivity index (χ1) is 27.1. The average molecular weight is 821 g/mol. The second-order valence-corrected chi connectivity index (χ2v) is 18.8. The zero-order chi connectivity index (χ0) is 41.4. The molecule has 308 valence electrons. The lowest BCUT2D eigenvalue weighted by atomic mass is 9.92. The van der Waals surface area contributed by atoms with Crippen LogP contribution in [0.5, 0.6) is 0 Å². The van der Waals surface area contributed by atoms with Gasteiger partial charge in [0.1, 0.15) is 12.1 Å². The molecule has 0 bridgehead atoms. The predicted octanol–water partition coefficient (Wildman–Crippen LogP) is 3.36. The highest BCUT2D eigenvalue weighted by Crippen LogP contribution is 2.17. The lowest BCUT2D eigenvalue weighted by Gasteiger charge is -2.31. The third-order valence-electron chi connectivity index (χ3n) is 9.62.